The molecule has 0 atom stereocenters. The van der Waals surface area contributed by atoms with Gasteiger partial charge in [0.05, 0.1) is 10.6 Å². The third-order valence-electron chi connectivity index (χ3n) is 2.70. The van der Waals surface area contributed by atoms with Crippen LogP contribution in [0.25, 0.3) is 0 Å². The number of halogens is 1. The van der Waals surface area contributed by atoms with Gasteiger partial charge in [-0.15, -0.1) is 0 Å². The maximum Gasteiger partial charge on any atom is 0.245 e. The summed E-state index contributed by atoms with van der Waals surface area (Å²) in [6.07, 6.45) is 0. The predicted molar refractivity (Wildman–Crippen MR) is 56.3 cm³/mol. The molecule has 0 bridgehead atoms. The predicted octanol–water partition coefficient (Wildman–Crippen LogP) is 1.33. The molecular weight excluding hydrogens is 233 g/mol. The van der Waals surface area contributed by atoms with Gasteiger partial charge in [0.15, 0.2) is 9.84 Å². The van der Waals surface area contributed by atoms with Gasteiger partial charge in [0, 0.05) is 0 Å². The monoisotopic (exact) mass is 243 g/mol. The Balaban J connectivity index is 2.79. The van der Waals surface area contributed by atoms with Crippen LogP contribution < -0.4 is 5.32 Å². The number of fused-ring (bicyclic) bond motifs is 1. The molecule has 2 rings (SSSR count). The molecule has 1 N–H and O–H groups in total. The number of rotatable bonds is 0. The van der Waals surface area contributed by atoms with Gasteiger partial charge in [0.2, 0.25) is 5.91 Å². The van der Waals surface area contributed by atoms with Gasteiger partial charge in [-0.2, -0.15) is 0 Å². The molecule has 0 fully saturated rings. The molecule has 16 heavy (non-hydrogen) atoms. The van der Waals surface area contributed by atoms with E-state index in [9.17, 15) is 17.6 Å². The van der Waals surface area contributed by atoms with Crippen molar-refractivity contribution in [3.05, 3.63) is 24.0 Å². The fraction of sp³-hybridized carbons (Fsp3) is 0.300. The topological polar surface area (TPSA) is 63.2 Å². The van der Waals surface area contributed by atoms with Crippen LogP contribution >= 0.6 is 0 Å². The molecule has 0 radical (unpaired) electrons. The molecular formula is C10H10FNO3S. The summed E-state index contributed by atoms with van der Waals surface area (Å²) in [7, 11) is -3.84. The van der Waals surface area contributed by atoms with E-state index in [4.69, 9.17) is 0 Å². The highest BCUT2D eigenvalue weighted by atomic mass is 32.2. The van der Waals surface area contributed by atoms with Gasteiger partial charge in [0.1, 0.15) is 10.6 Å². The Morgan fingerprint density at radius 1 is 1.31 bits per heavy atom. The van der Waals surface area contributed by atoms with Crippen LogP contribution in [0.1, 0.15) is 13.8 Å². The smallest absolute Gasteiger partial charge is 0.245 e. The second kappa shape index (κ2) is 3.04. The average molecular weight is 243 g/mol. The Bertz CT molecular complexity index is 578. The second-order valence-corrected chi connectivity index (χ2v) is 6.58. The quantitative estimate of drug-likeness (QED) is 0.747. The lowest BCUT2D eigenvalue weighted by Crippen LogP contribution is -2.48. The Hall–Kier alpha value is -1.43. The van der Waals surface area contributed by atoms with Crippen LogP contribution in [-0.4, -0.2) is 19.1 Å². The fourth-order valence-corrected chi connectivity index (χ4v) is 3.01. The summed E-state index contributed by atoms with van der Waals surface area (Å²) in [5.41, 5.74) is 0.130. The Kier molecular flexibility index (Phi) is 2.10. The van der Waals surface area contributed by atoms with Gasteiger partial charge in [-0.25, -0.2) is 12.8 Å². The lowest BCUT2D eigenvalue weighted by molar-refractivity contribution is -0.118. The lowest BCUT2D eigenvalue weighted by atomic mass is 10.1. The third-order valence-corrected chi connectivity index (χ3v) is 5.15. The molecule has 0 aliphatic carbocycles. The molecule has 1 aliphatic heterocycles. The maximum absolute atomic E-state index is 13.0. The fourth-order valence-electron chi connectivity index (χ4n) is 1.49. The zero-order valence-electron chi connectivity index (χ0n) is 8.74. The number of carbonyl (C=O) groups is 1. The molecule has 0 saturated carbocycles. The summed E-state index contributed by atoms with van der Waals surface area (Å²) in [6, 6.07) is 3.27. The van der Waals surface area contributed by atoms with Gasteiger partial charge in [-0.3, -0.25) is 4.79 Å². The molecule has 86 valence electrons. The Morgan fingerprint density at radius 2 is 1.94 bits per heavy atom. The molecule has 6 heteroatoms. The largest absolute Gasteiger partial charge is 0.324 e. The second-order valence-electron chi connectivity index (χ2n) is 4.11. The number of hydrogen-bond acceptors (Lipinski definition) is 3. The Morgan fingerprint density at radius 3 is 2.56 bits per heavy atom. The summed E-state index contributed by atoms with van der Waals surface area (Å²) in [4.78, 5) is 11.4. The van der Waals surface area contributed by atoms with Crippen molar-refractivity contribution < 1.29 is 17.6 Å². The average Bonchev–Trinajstić information content (AvgIpc) is 2.18. The number of carbonyl (C=O) groups excluding carboxylic acids is 1. The van der Waals surface area contributed by atoms with E-state index in [-0.39, 0.29) is 10.6 Å². The van der Waals surface area contributed by atoms with Crippen LogP contribution in [0.2, 0.25) is 0 Å². The molecule has 0 aromatic heterocycles. The van der Waals surface area contributed by atoms with Crippen LogP contribution in [-0.2, 0) is 14.6 Å². The van der Waals surface area contributed by atoms with Crippen molar-refractivity contribution in [3.8, 4) is 0 Å². The van der Waals surface area contributed by atoms with Crippen LogP contribution in [0.3, 0.4) is 0 Å². The maximum atomic E-state index is 13.0. The molecule has 0 spiro atoms. The highest BCUT2D eigenvalue weighted by molar-refractivity contribution is 7.94. The lowest BCUT2D eigenvalue weighted by Gasteiger charge is -2.30. The zero-order chi connectivity index (χ0) is 12.1. The summed E-state index contributed by atoms with van der Waals surface area (Å²) in [5, 5.41) is 2.45. The van der Waals surface area contributed by atoms with Crippen molar-refractivity contribution in [2.24, 2.45) is 0 Å². The normalized spacial score (nSPS) is 21.1. The zero-order valence-corrected chi connectivity index (χ0v) is 9.56. The van der Waals surface area contributed by atoms with Crippen LogP contribution in [0.5, 0.6) is 0 Å². The molecule has 1 aliphatic rings. The van der Waals surface area contributed by atoms with Crippen molar-refractivity contribution in [2.45, 2.75) is 23.5 Å². The van der Waals surface area contributed by atoms with E-state index >= 15 is 0 Å². The van der Waals surface area contributed by atoms with Crippen molar-refractivity contribution in [1.29, 1.82) is 0 Å². The molecule has 4 nitrogen and oxygen atoms in total. The van der Waals surface area contributed by atoms with E-state index in [2.05, 4.69) is 5.32 Å². The van der Waals surface area contributed by atoms with E-state index in [0.29, 0.717) is 0 Å². The highest BCUT2D eigenvalue weighted by Crippen LogP contribution is 2.36. The Labute approximate surface area is 92.4 Å². The minimum Gasteiger partial charge on any atom is -0.324 e. The molecule has 0 saturated heterocycles. The van der Waals surface area contributed by atoms with Gasteiger partial charge >= 0.3 is 0 Å². The van der Waals surface area contributed by atoms with E-state index in [0.717, 1.165) is 12.1 Å². The minimum atomic E-state index is -3.84. The number of anilines is 1. The summed E-state index contributed by atoms with van der Waals surface area (Å²) in [5.74, 6) is -1.25. The molecule has 1 aromatic carbocycles. The number of sulfone groups is 1. The standard InChI is InChI=1S/C10H10FNO3S/c1-10(2)9(13)12-7-4-3-6(11)5-8(7)16(10,14)15/h3-5H,1-2H3,(H,12,13). The molecule has 1 amide bonds. The van der Waals surface area contributed by atoms with Gasteiger partial charge in [-0.1, -0.05) is 0 Å². The van der Waals surface area contributed by atoms with E-state index in [1.165, 1.54) is 19.9 Å². The molecule has 1 heterocycles. The van der Waals surface area contributed by atoms with Gasteiger partial charge in [-0.05, 0) is 32.0 Å². The number of nitrogens with one attached hydrogen (secondary N) is 1. The summed E-state index contributed by atoms with van der Waals surface area (Å²) < 4.78 is 35.6. The number of hydrogen-bond donors (Lipinski definition) is 1. The first-order valence-corrected chi connectivity index (χ1v) is 6.11. The van der Waals surface area contributed by atoms with Crippen LogP contribution in [0.4, 0.5) is 10.1 Å². The molecule has 0 unspecified atom stereocenters. The van der Waals surface area contributed by atoms with E-state index < -0.39 is 26.3 Å². The highest BCUT2D eigenvalue weighted by Gasteiger charge is 2.47. The molecule has 1 aromatic rings. The first-order valence-electron chi connectivity index (χ1n) is 4.62. The number of amides is 1. The van der Waals surface area contributed by atoms with E-state index in [1.807, 2.05) is 0 Å². The van der Waals surface area contributed by atoms with Crippen molar-refractivity contribution in [1.82, 2.24) is 0 Å². The summed E-state index contributed by atoms with van der Waals surface area (Å²) >= 11 is 0. The number of benzene rings is 1. The van der Waals surface area contributed by atoms with Crippen molar-refractivity contribution in [2.75, 3.05) is 5.32 Å². The van der Waals surface area contributed by atoms with Crippen molar-refractivity contribution in [3.63, 3.8) is 0 Å². The van der Waals surface area contributed by atoms with Crippen LogP contribution in [0, 0.1) is 5.82 Å². The van der Waals surface area contributed by atoms with Crippen LogP contribution in [0.15, 0.2) is 23.1 Å². The van der Waals surface area contributed by atoms with Gasteiger partial charge < -0.3 is 5.32 Å². The third kappa shape index (κ3) is 1.26. The minimum absolute atomic E-state index is 0.130. The van der Waals surface area contributed by atoms with E-state index in [1.54, 1.807) is 0 Å². The first-order chi connectivity index (χ1) is 7.26. The van der Waals surface area contributed by atoms with Crippen molar-refractivity contribution >= 4 is 21.4 Å². The summed E-state index contributed by atoms with van der Waals surface area (Å²) in [6.45, 7) is 2.59. The van der Waals surface area contributed by atoms with Gasteiger partial charge in [0.25, 0.3) is 0 Å². The first kappa shape index (κ1) is 11.1. The SMILES string of the molecule is CC1(C)C(=O)Nc2ccc(F)cc2S1(=O)=O.